The van der Waals surface area contributed by atoms with Crippen molar-refractivity contribution >= 4 is 27.8 Å². The predicted octanol–water partition coefficient (Wildman–Crippen LogP) is 3.90. The maximum absolute atomic E-state index is 12.3. The Bertz CT molecular complexity index is 947. The van der Waals surface area contributed by atoms with E-state index in [4.69, 9.17) is 0 Å². The lowest BCUT2D eigenvalue weighted by molar-refractivity contribution is -0.0437. The van der Waals surface area contributed by atoms with E-state index in [9.17, 15) is 17.4 Å². The molecule has 1 atom stereocenters. The second-order valence-electron chi connectivity index (χ2n) is 4.99. The molecule has 1 N–H and O–H groups in total. The summed E-state index contributed by atoms with van der Waals surface area (Å²) in [4.78, 5) is 8.61. The van der Waals surface area contributed by atoms with Crippen molar-refractivity contribution in [1.29, 1.82) is 0 Å². The Balaban J connectivity index is 1.92. The molecule has 2 aromatic heterocycles. The van der Waals surface area contributed by atoms with Crippen molar-refractivity contribution in [2.75, 3.05) is 12.4 Å². The molecule has 5 nitrogen and oxygen atoms in total. The molecule has 0 saturated heterocycles. The number of aromatic nitrogens is 2. The van der Waals surface area contributed by atoms with Crippen LogP contribution in [0.5, 0.6) is 5.75 Å². The quantitative estimate of drug-likeness (QED) is 0.758. The summed E-state index contributed by atoms with van der Waals surface area (Å²) in [5, 5.41) is 3.51. The number of nitrogens with one attached hydrogen (secondary N) is 1. The van der Waals surface area contributed by atoms with E-state index in [-0.39, 0.29) is 5.75 Å². The second kappa shape index (κ2) is 6.67. The lowest BCUT2D eigenvalue weighted by atomic mass is 10.1. The molecule has 1 unspecified atom stereocenters. The molecule has 2 heterocycles. The molecule has 130 valence electrons. The maximum atomic E-state index is 12.3. The number of fused-ring (bicyclic) bond motifs is 1. The molecule has 0 aliphatic heterocycles. The zero-order valence-corrected chi connectivity index (χ0v) is 13.7. The van der Waals surface area contributed by atoms with Gasteiger partial charge in [-0.25, -0.2) is 14.2 Å². The smallest absolute Gasteiger partial charge is 0.394 e. The maximum Gasteiger partial charge on any atom is 0.508 e. The normalized spacial score (nSPS) is 12.8. The van der Waals surface area contributed by atoms with Crippen molar-refractivity contribution in [1.82, 2.24) is 9.97 Å². The Labute approximate surface area is 143 Å². The van der Waals surface area contributed by atoms with Crippen molar-refractivity contribution in [3.63, 3.8) is 0 Å². The lowest BCUT2D eigenvalue weighted by Gasteiger charge is -2.09. The fraction of sp³-hybridized carbons (Fsp3) is 0.125. The van der Waals surface area contributed by atoms with E-state index < -0.39 is 16.6 Å². The first-order valence-electron chi connectivity index (χ1n) is 7.09. The van der Waals surface area contributed by atoms with Crippen LogP contribution in [-0.2, 0) is 11.1 Å². The molecule has 0 bridgehead atoms. The number of anilines is 1. The summed E-state index contributed by atoms with van der Waals surface area (Å²) < 4.78 is 52.4. The van der Waals surface area contributed by atoms with Crippen LogP contribution in [-0.4, -0.2) is 26.7 Å². The van der Waals surface area contributed by atoms with Gasteiger partial charge in [0.05, 0.1) is 11.2 Å². The zero-order chi connectivity index (χ0) is 18.0. The Kier molecular flexibility index (Phi) is 4.58. The van der Waals surface area contributed by atoms with Crippen LogP contribution in [0.15, 0.2) is 48.7 Å². The molecular formula is C16H12F3N3O2S. The third kappa shape index (κ3) is 3.87. The molecule has 0 aliphatic rings. The first-order chi connectivity index (χ1) is 11.9. The highest BCUT2D eigenvalue weighted by molar-refractivity contribution is 7.81. The Morgan fingerprint density at radius 1 is 1.12 bits per heavy atom. The van der Waals surface area contributed by atoms with E-state index in [0.717, 1.165) is 5.56 Å². The molecule has 0 amide bonds. The number of alkyl halides is 3. The van der Waals surface area contributed by atoms with E-state index in [0.29, 0.717) is 22.4 Å². The van der Waals surface area contributed by atoms with Gasteiger partial charge in [0, 0.05) is 24.2 Å². The summed E-state index contributed by atoms with van der Waals surface area (Å²) in [7, 11) is 1.76. The molecule has 9 heteroatoms. The average Bonchev–Trinajstić information content (AvgIpc) is 2.60. The summed E-state index contributed by atoms with van der Waals surface area (Å²) in [6.45, 7) is 0. The second-order valence-corrected chi connectivity index (χ2v) is 6.09. The van der Waals surface area contributed by atoms with Crippen LogP contribution in [0.25, 0.3) is 22.2 Å². The summed E-state index contributed by atoms with van der Waals surface area (Å²) in [6, 6.07) is 11.3. The number of pyridine rings is 2. The molecule has 0 spiro atoms. The molecule has 3 aromatic rings. The monoisotopic (exact) mass is 367 g/mol. The number of rotatable bonds is 4. The van der Waals surface area contributed by atoms with Crippen LogP contribution >= 0.6 is 0 Å². The highest BCUT2D eigenvalue weighted by Gasteiger charge is 2.40. The van der Waals surface area contributed by atoms with Gasteiger partial charge in [-0.1, -0.05) is 6.07 Å². The molecule has 0 radical (unpaired) electrons. The average molecular weight is 367 g/mol. The minimum atomic E-state index is -4.93. The molecule has 1 aromatic carbocycles. The van der Waals surface area contributed by atoms with Crippen molar-refractivity contribution < 1.29 is 21.6 Å². The van der Waals surface area contributed by atoms with Gasteiger partial charge in [0.25, 0.3) is 0 Å². The number of hydrogen-bond acceptors (Lipinski definition) is 5. The van der Waals surface area contributed by atoms with Crippen LogP contribution in [0.2, 0.25) is 0 Å². The van der Waals surface area contributed by atoms with Gasteiger partial charge in [-0.2, -0.15) is 13.2 Å². The minimum absolute atomic E-state index is 0.140. The fourth-order valence-corrected chi connectivity index (χ4v) is 2.55. The molecule has 0 fully saturated rings. The number of nitrogens with zero attached hydrogens (tertiary/aromatic N) is 2. The molecule has 3 rings (SSSR count). The van der Waals surface area contributed by atoms with Crippen LogP contribution in [0, 0.1) is 0 Å². The van der Waals surface area contributed by atoms with Crippen molar-refractivity contribution in [2.45, 2.75) is 5.51 Å². The highest BCUT2D eigenvalue weighted by atomic mass is 32.2. The van der Waals surface area contributed by atoms with Gasteiger partial charge in [0.15, 0.2) is 0 Å². The van der Waals surface area contributed by atoms with E-state index in [1.165, 1.54) is 18.2 Å². The standard InChI is InChI=1S/C16H12F3N3O2S/c1-20-15-9-11(6-7-21-15)13-4-2-10-8-12(3-5-14(10)22-13)24-25(23)16(17,18)19/h2-9H,1H3,(H,20,21). The van der Waals surface area contributed by atoms with Gasteiger partial charge in [-0.3, -0.25) is 0 Å². The largest absolute Gasteiger partial charge is 0.508 e. The number of hydrogen-bond donors (Lipinski definition) is 1. The van der Waals surface area contributed by atoms with Gasteiger partial charge >= 0.3 is 16.6 Å². The van der Waals surface area contributed by atoms with E-state index >= 15 is 0 Å². The van der Waals surface area contributed by atoms with E-state index in [1.807, 2.05) is 6.07 Å². The van der Waals surface area contributed by atoms with Gasteiger partial charge < -0.3 is 9.50 Å². The highest BCUT2D eigenvalue weighted by Crippen LogP contribution is 2.27. The van der Waals surface area contributed by atoms with Crippen LogP contribution in [0.1, 0.15) is 0 Å². The summed E-state index contributed by atoms with van der Waals surface area (Å²) in [5.41, 5.74) is -2.81. The van der Waals surface area contributed by atoms with E-state index in [1.54, 1.807) is 31.4 Å². The Morgan fingerprint density at radius 3 is 2.64 bits per heavy atom. The van der Waals surface area contributed by atoms with Crippen LogP contribution in [0.4, 0.5) is 19.0 Å². The zero-order valence-electron chi connectivity index (χ0n) is 12.9. The van der Waals surface area contributed by atoms with Gasteiger partial charge in [0.2, 0.25) is 0 Å². The topological polar surface area (TPSA) is 64.1 Å². The predicted molar refractivity (Wildman–Crippen MR) is 89.3 cm³/mol. The van der Waals surface area contributed by atoms with Crippen LogP contribution in [0.3, 0.4) is 0 Å². The fourth-order valence-electron chi connectivity index (χ4n) is 2.18. The van der Waals surface area contributed by atoms with Crippen molar-refractivity contribution in [3.05, 3.63) is 48.7 Å². The SMILES string of the molecule is CNc1cc(-c2ccc3cc(OS(=O)C(F)(F)F)ccc3n2)ccn1. The third-order valence-electron chi connectivity index (χ3n) is 3.33. The molecule has 0 aliphatic carbocycles. The summed E-state index contributed by atoms with van der Waals surface area (Å²) in [5.74, 6) is 0.553. The minimum Gasteiger partial charge on any atom is -0.394 e. The third-order valence-corrected chi connectivity index (χ3v) is 4.06. The summed E-state index contributed by atoms with van der Waals surface area (Å²) in [6.07, 6.45) is 1.65. The van der Waals surface area contributed by atoms with Gasteiger partial charge in [-0.05, 0) is 36.4 Å². The molecule has 0 saturated carbocycles. The van der Waals surface area contributed by atoms with Gasteiger partial charge in [0.1, 0.15) is 11.6 Å². The lowest BCUT2D eigenvalue weighted by Crippen LogP contribution is -2.20. The van der Waals surface area contributed by atoms with Crippen LogP contribution < -0.4 is 9.50 Å². The van der Waals surface area contributed by atoms with Crippen molar-refractivity contribution in [2.24, 2.45) is 0 Å². The Morgan fingerprint density at radius 2 is 1.92 bits per heavy atom. The van der Waals surface area contributed by atoms with E-state index in [2.05, 4.69) is 19.5 Å². The first kappa shape index (κ1) is 17.2. The number of halogens is 3. The van der Waals surface area contributed by atoms with Gasteiger partial charge in [-0.15, -0.1) is 0 Å². The first-order valence-corrected chi connectivity index (χ1v) is 8.16. The Hall–Kier alpha value is -2.68. The molecular weight excluding hydrogens is 355 g/mol. The summed E-state index contributed by atoms with van der Waals surface area (Å²) >= 11 is -3.40. The van der Waals surface area contributed by atoms with Crippen molar-refractivity contribution in [3.8, 4) is 17.0 Å². The number of benzene rings is 1. The molecule has 25 heavy (non-hydrogen) atoms.